The molecule has 38 heavy (non-hydrogen) atoms. The van der Waals surface area contributed by atoms with Crippen LogP contribution in [0, 0.1) is 0 Å². The van der Waals surface area contributed by atoms with Crippen LogP contribution in [-0.4, -0.2) is 59.6 Å². The Kier molecular flexibility index (Phi) is 7.99. The first kappa shape index (κ1) is 25.9. The standard InChI is InChI=1S/C32H37N3O3/c1-23(2)38-29-11-7-10-25(18-29)21-34-16-17-35(22-27(34)13-12-24-8-5-4-6-9-24)32(36)31-20-26-19-28(37-3)14-15-30(26)33-31/h4-11,14-15,18-20,23,27,33H,12-13,16-17,21-22H2,1-3H3/t27-/m0/s1. The Morgan fingerprint density at radius 1 is 0.947 bits per heavy atom. The summed E-state index contributed by atoms with van der Waals surface area (Å²) in [7, 11) is 1.66. The Balaban J connectivity index is 1.33. The van der Waals surface area contributed by atoms with E-state index in [1.165, 1.54) is 11.1 Å². The number of ether oxygens (including phenoxy) is 2. The number of nitrogens with zero attached hydrogens (tertiary/aromatic N) is 2. The van der Waals surface area contributed by atoms with Crippen molar-refractivity contribution in [2.24, 2.45) is 0 Å². The van der Waals surface area contributed by atoms with Crippen molar-refractivity contribution in [3.05, 3.63) is 95.7 Å². The van der Waals surface area contributed by atoms with Crippen LogP contribution in [0.2, 0.25) is 0 Å². The number of amides is 1. The Morgan fingerprint density at radius 3 is 2.55 bits per heavy atom. The molecule has 1 amide bonds. The molecule has 0 bridgehead atoms. The summed E-state index contributed by atoms with van der Waals surface area (Å²) in [5.41, 5.74) is 4.13. The van der Waals surface area contributed by atoms with E-state index in [-0.39, 0.29) is 18.1 Å². The topological polar surface area (TPSA) is 57.8 Å². The van der Waals surface area contributed by atoms with E-state index in [0.29, 0.717) is 18.8 Å². The molecule has 1 fully saturated rings. The Hall–Kier alpha value is -3.77. The van der Waals surface area contributed by atoms with E-state index >= 15 is 0 Å². The van der Waals surface area contributed by atoms with Gasteiger partial charge in [-0.05, 0) is 74.2 Å². The first-order valence-electron chi connectivity index (χ1n) is 13.5. The van der Waals surface area contributed by atoms with E-state index in [2.05, 4.69) is 58.4 Å². The number of aromatic amines is 1. The molecule has 1 aromatic heterocycles. The number of H-pyrrole nitrogens is 1. The third kappa shape index (κ3) is 6.20. The maximum Gasteiger partial charge on any atom is 0.270 e. The second-order valence-corrected chi connectivity index (χ2v) is 10.3. The van der Waals surface area contributed by atoms with Crippen molar-refractivity contribution in [1.29, 1.82) is 0 Å². The van der Waals surface area contributed by atoms with Crippen LogP contribution in [0.15, 0.2) is 78.9 Å². The van der Waals surface area contributed by atoms with Gasteiger partial charge in [0.25, 0.3) is 5.91 Å². The fourth-order valence-electron chi connectivity index (χ4n) is 5.28. The average molecular weight is 512 g/mol. The summed E-state index contributed by atoms with van der Waals surface area (Å²) < 4.78 is 11.3. The number of aromatic nitrogens is 1. The zero-order valence-corrected chi connectivity index (χ0v) is 22.5. The molecular formula is C32H37N3O3. The lowest BCUT2D eigenvalue weighted by Gasteiger charge is -2.41. The number of hydrogen-bond acceptors (Lipinski definition) is 4. The van der Waals surface area contributed by atoms with Crippen LogP contribution < -0.4 is 9.47 Å². The number of hydrogen-bond donors (Lipinski definition) is 1. The van der Waals surface area contributed by atoms with Gasteiger partial charge in [-0.1, -0.05) is 42.5 Å². The van der Waals surface area contributed by atoms with Gasteiger partial charge in [-0.25, -0.2) is 0 Å². The fraction of sp³-hybridized carbons (Fsp3) is 0.344. The largest absolute Gasteiger partial charge is 0.497 e. The molecule has 4 aromatic rings. The first-order chi connectivity index (χ1) is 18.5. The smallest absolute Gasteiger partial charge is 0.270 e. The summed E-state index contributed by atoms with van der Waals surface area (Å²) in [4.78, 5) is 21.4. The highest BCUT2D eigenvalue weighted by Gasteiger charge is 2.30. The predicted molar refractivity (Wildman–Crippen MR) is 152 cm³/mol. The molecule has 3 aromatic carbocycles. The van der Waals surface area contributed by atoms with Crippen molar-refractivity contribution in [2.75, 3.05) is 26.7 Å². The summed E-state index contributed by atoms with van der Waals surface area (Å²) in [6.07, 6.45) is 2.11. The second-order valence-electron chi connectivity index (χ2n) is 10.3. The molecule has 2 heterocycles. The van der Waals surface area contributed by atoms with E-state index in [1.54, 1.807) is 7.11 Å². The molecule has 0 spiro atoms. The van der Waals surface area contributed by atoms with Gasteiger partial charge in [0.05, 0.1) is 13.2 Å². The van der Waals surface area contributed by atoms with Crippen LogP contribution in [0.3, 0.4) is 0 Å². The van der Waals surface area contributed by atoms with Gasteiger partial charge in [-0.2, -0.15) is 0 Å². The van der Waals surface area contributed by atoms with Crippen LogP contribution in [0.5, 0.6) is 11.5 Å². The van der Waals surface area contributed by atoms with Crippen molar-refractivity contribution >= 4 is 16.8 Å². The molecule has 1 atom stereocenters. The summed E-state index contributed by atoms with van der Waals surface area (Å²) in [6.45, 7) is 7.16. The normalized spacial score (nSPS) is 16.2. The number of carbonyl (C=O) groups is 1. The lowest BCUT2D eigenvalue weighted by atomic mass is 10.0. The zero-order valence-electron chi connectivity index (χ0n) is 22.5. The first-order valence-corrected chi connectivity index (χ1v) is 13.5. The van der Waals surface area contributed by atoms with Crippen molar-refractivity contribution in [2.45, 2.75) is 45.4 Å². The van der Waals surface area contributed by atoms with Gasteiger partial charge in [-0.15, -0.1) is 0 Å². The fourth-order valence-corrected chi connectivity index (χ4v) is 5.28. The molecule has 1 saturated heterocycles. The third-order valence-corrected chi connectivity index (χ3v) is 7.22. The van der Waals surface area contributed by atoms with Crippen LogP contribution >= 0.6 is 0 Å². The maximum atomic E-state index is 13.6. The second kappa shape index (κ2) is 11.7. The lowest BCUT2D eigenvalue weighted by Crippen LogP contribution is -2.54. The molecule has 5 rings (SSSR count). The van der Waals surface area contributed by atoms with Crippen LogP contribution in [0.1, 0.15) is 41.9 Å². The number of methoxy groups -OCH3 is 1. The number of nitrogens with one attached hydrogen (secondary N) is 1. The molecule has 1 N–H and O–H groups in total. The highest BCUT2D eigenvalue weighted by Crippen LogP contribution is 2.25. The highest BCUT2D eigenvalue weighted by molar-refractivity contribution is 5.98. The van der Waals surface area contributed by atoms with Crippen molar-refractivity contribution in [1.82, 2.24) is 14.8 Å². The van der Waals surface area contributed by atoms with E-state index in [1.807, 2.05) is 49.1 Å². The Morgan fingerprint density at radius 2 is 1.76 bits per heavy atom. The van der Waals surface area contributed by atoms with E-state index in [0.717, 1.165) is 48.3 Å². The summed E-state index contributed by atoms with van der Waals surface area (Å²) in [5, 5.41) is 0.982. The molecule has 198 valence electrons. The number of rotatable bonds is 9. The lowest BCUT2D eigenvalue weighted by molar-refractivity contribution is 0.0436. The van der Waals surface area contributed by atoms with Crippen molar-refractivity contribution < 1.29 is 14.3 Å². The number of fused-ring (bicyclic) bond motifs is 1. The predicted octanol–water partition coefficient (Wildman–Crippen LogP) is 5.92. The summed E-state index contributed by atoms with van der Waals surface area (Å²) >= 11 is 0. The van der Waals surface area contributed by atoms with E-state index in [9.17, 15) is 4.79 Å². The molecule has 6 heteroatoms. The van der Waals surface area contributed by atoms with Crippen molar-refractivity contribution in [3.8, 4) is 11.5 Å². The minimum absolute atomic E-state index is 0.0526. The van der Waals surface area contributed by atoms with Crippen molar-refractivity contribution in [3.63, 3.8) is 0 Å². The third-order valence-electron chi connectivity index (χ3n) is 7.22. The molecule has 0 unspecified atom stereocenters. The number of piperazine rings is 1. The van der Waals surface area contributed by atoms with Crippen LogP contribution in [-0.2, 0) is 13.0 Å². The molecule has 0 radical (unpaired) electrons. The molecular weight excluding hydrogens is 474 g/mol. The summed E-state index contributed by atoms with van der Waals surface area (Å²) in [5.74, 6) is 1.74. The molecule has 1 aliphatic heterocycles. The van der Waals surface area contributed by atoms with Gasteiger partial charge in [0.15, 0.2) is 0 Å². The Bertz CT molecular complexity index is 1360. The minimum atomic E-state index is 0.0526. The quantitative estimate of drug-likeness (QED) is 0.303. The monoisotopic (exact) mass is 511 g/mol. The Labute approximate surface area is 225 Å². The molecule has 0 saturated carbocycles. The average Bonchev–Trinajstić information content (AvgIpc) is 3.36. The van der Waals surface area contributed by atoms with Crippen LogP contribution in [0.25, 0.3) is 10.9 Å². The number of benzene rings is 3. The highest BCUT2D eigenvalue weighted by atomic mass is 16.5. The van der Waals surface area contributed by atoms with Crippen LogP contribution in [0.4, 0.5) is 0 Å². The maximum absolute atomic E-state index is 13.6. The zero-order chi connectivity index (χ0) is 26.5. The molecule has 0 aliphatic carbocycles. The van der Waals surface area contributed by atoms with Gasteiger partial charge in [-0.3, -0.25) is 9.69 Å². The van der Waals surface area contributed by atoms with Gasteiger partial charge >= 0.3 is 0 Å². The van der Waals surface area contributed by atoms with Gasteiger partial charge in [0.2, 0.25) is 0 Å². The van der Waals surface area contributed by atoms with Gasteiger partial charge in [0.1, 0.15) is 17.2 Å². The summed E-state index contributed by atoms with van der Waals surface area (Å²) in [6, 6.07) is 27.0. The molecule has 6 nitrogen and oxygen atoms in total. The van der Waals surface area contributed by atoms with Gasteiger partial charge in [0, 0.05) is 43.1 Å². The van der Waals surface area contributed by atoms with Gasteiger partial charge < -0.3 is 19.4 Å². The number of carbonyl (C=O) groups excluding carboxylic acids is 1. The van der Waals surface area contributed by atoms with E-state index < -0.39 is 0 Å². The van der Waals surface area contributed by atoms with E-state index in [4.69, 9.17) is 9.47 Å². The minimum Gasteiger partial charge on any atom is -0.497 e. The SMILES string of the molecule is COc1ccc2[nH]c(C(=O)N3CCN(Cc4cccc(OC(C)C)c4)[C@@H](CCc4ccccc4)C3)cc2c1. The molecule has 1 aliphatic rings. The number of aryl methyl sites for hydroxylation is 1.